The number of aromatic nitrogens is 2. The molecule has 0 aliphatic carbocycles. The highest BCUT2D eigenvalue weighted by atomic mass is 15.3. The molecule has 1 atom stereocenters. The Morgan fingerprint density at radius 2 is 2.06 bits per heavy atom. The van der Waals surface area contributed by atoms with Crippen LogP contribution in [0.4, 0.5) is 0 Å². The average Bonchev–Trinajstić information content (AvgIpc) is 2.79. The molecule has 0 saturated heterocycles. The van der Waals surface area contributed by atoms with Gasteiger partial charge in [-0.1, -0.05) is 13.8 Å². The van der Waals surface area contributed by atoms with Crippen molar-refractivity contribution in [3.05, 3.63) is 18.0 Å². The molecule has 0 radical (unpaired) electrons. The van der Waals surface area contributed by atoms with Gasteiger partial charge in [-0.05, 0) is 45.8 Å². The molecule has 0 aliphatic rings. The Hall–Kier alpha value is -0.870. The maximum Gasteiger partial charge on any atom is 0.0764 e. The predicted octanol–water partition coefficient (Wildman–Crippen LogP) is 2.41. The lowest BCUT2D eigenvalue weighted by molar-refractivity contribution is 0.236. The van der Waals surface area contributed by atoms with E-state index < -0.39 is 0 Å². The first-order valence-corrected chi connectivity index (χ1v) is 7.06. The van der Waals surface area contributed by atoms with Crippen molar-refractivity contribution in [3.8, 4) is 0 Å². The van der Waals surface area contributed by atoms with Gasteiger partial charge in [0.1, 0.15) is 0 Å². The van der Waals surface area contributed by atoms with Crippen LogP contribution in [0.5, 0.6) is 0 Å². The fourth-order valence-corrected chi connectivity index (χ4v) is 2.20. The van der Waals surface area contributed by atoms with Crippen molar-refractivity contribution in [2.75, 3.05) is 13.6 Å². The molecule has 0 aromatic carbocycles. The molecule has 1 heterocycles. The summed E-state index contributed by atoms with van der Waals surface area (Å²) in [5, 5.41) is 4.68. The second-order valence-electron chi connectivity index (χ2n) is 5.10. The molecule has 0 saturated carbocycles. The first kappa shape index (κ1) is 15.2. The molecule has 4 nitrogen and oxygen atoms in total. The standard InChI is InChI=1S/C14H28N4/c1-5-14(6-2)18-10-8-13(16-18)11-17(4)12(3)7-9-15/h8,10,12,14H,5-7,9,11,15H2,1-4H3. The summed E-state index contributed by atoms with van der Waals surface area (Å²) in [6.45, 7) is 8.28. The normalized spacial score (nSPS) is 13.5. The third-order valence-corrected chi connectivity index (χ3v) is 3.73. The maximum atomic E-state index is 5.59. The summed E-state index contributed by atoms with van der Waals surface area (Å²) in [6.07, 6.45) is 5.41. The predicted molar refractivity (Wildman–Crippen MR) is 76.4 cm³/mol. The van der Waals surface area contributed by atoms with Crippen LogP contribution in [0.25, 0.3) is 0 Å². The van der Waals surface area contributed by atoms with Crippen LogP contribution in [0.3, 0.4) is 0 Å². The van der Waals surface area contributed by atoms with Gasteiger partial charge >= 0.3 is 0 Å². The molecule has 104 valence electrons. The van der Waals surface area contributed by atoms with Crippen LogP contribution in [0, 0.1) is 0 Å². The minimum atomic E-state index is 0.508. The van der Waals surface area contributed by atoms with Crippen LogP contribution in [-0.2, 0) is 6.54 Å². The Morgan fingerprint density at radius 3 is 2.61 bits per heavy atom. The quantitative estimate of drug-likeness (QED) is 0.773. The lowest BCUT2D eigenvalue weighted by atomic mass is 10.2. The van der Waals surface area contributed by atoms with Gasteiger partial charge < -0.3 is 5.73 Å². The van der Waals surface area contributed by atoms with E-state index in [-0.39, 0.29) is 0 Å². The molecular formula is C14H28N4. The zero-order valence-corrected chi connectivity index (χ0v) is 12.3. The van der Waals surface area contributed by atoms with E-state index in [9.17, 15) is 0 Å². The lowest BCUT2D eigenvalue weighted by Gasteiger charge is -2.23. The molecule has 1 unspecified atom stereocenters. The van der Waals surface area contributed by atoms with Crippen molar-refractivity contribution in [2.45, 2.75) is 58.7 Å². The summed E-state index contributed by atoms with van der Waals surface area (Å²) < 4.78 is 2.11. The first-order chi connectivity index (χ1) is 8.62. The number of nitrogens with zero attached hydrogens (tertiary/aromatic N) is 3. The molecule has 0 spiro atoms. The number of hydrogen-bond acceptors (Lipinski definition) is 3. The topological polar surface area (TPSA) is 47.1 Å². The highest BCUT2D eigenvalue weighted by Gasteiger charge is 2.12. The Morgan fingerprint density at radius 1 is 1.39 bits per heavy atom. The van der Waals surface area contributed by atoms with Gasteiger partial charge in [0.25, 0.3) is 0 Å². The van der Waals surface area contributed by atoms with Crippen molar-refractivity contribution < 1.29 is 0 Å². The fourth-order valence-electron chi connectivity index (χ4n) is 2.20. The fraction of sp³-hybridized carbons (Fsp3) is 0.786. The monoisotopic (exact) mass is 252 g/mol. The molecule has 1 aromatic rings. The molecule has 0 bridgehead atoms. The Balaban J connectivity index is 2.58. The molecule has 18 heavy (non-hydrogen) atoms. The second-order valence-corrected chi connectivity index (χ2v) is 5.10. The number of hydrogen-bond donors (Lipinski definition) is 1. The van der Waals surface area contributed by atoms with Gasteiger partial charge in [-0.3, -0.25) is 9.58 Å². The second kappa shape index (κ2) is 7.54. The van der Waals surface area contributed by atoms with E-state index >= 15 is 0 Å². The van der Waals surface area contributed by atoms with E-state index in [4.69, 9.17) is 5.73 Å². The molecule has 0 amide bonds. The third-order valence-electron chi connectivity index (χ3n) is 3.73. The average molecular weight is 252 g/mol. The largest absolute Gasteiger partial charge is 0.330 e. The summed E-state index contributed by atoms with van der Waals surface area (Å²) in [6, 6.07) is 3.17. The van der Waals surface area contributed by atoms with Crippen LogP contribution < -0.4 is 5.73 Å². The number of nitrogens with two attached hydrogens (primary N) is 1. The van der Waals surface area contributed by atoms with Crippen LogP contribution in [0.1, 0.15) is 51.8 Å². The van der Waals surface area contributed by atoms with E-state index in [0.29, 0.717) is 12.1 Å². The molecule has 0 aliphatic heterocycles. The summed E-state index contributed by atoms with van der Waals surface area (Å²) in [7, 11) is 2.14. The van der Waals surface area contributed by atoms with Crippen molar-refractivity contribution in [1.29, 1.82) is 0 Å². The SMILES string of the molecule is CCC(CC)n1ccc(CN(C)C(C)CCN)n1. The van der Waals surface area contributed by atoms with Crippen molar-refractivity contribution in [2.24, 2.45) is 5.73 Å². The van der Waals surface area contributed by atoms with Crippen LogP contribution in [-0.4, -0.2) is 34.3 Å². The van der Waals surface area contributed by atoms with Crippen LogP contribution in [0.2, 0.25) is 0 Å². The molecular weight excluding hydrogens is 224 g/mol. The van der Waals surface area contributed by atoms with Gasteiger partial charge in [0.05, 0.1) is 11.7 Å². The maximum absolute atomic E-state index is 5.59. The van der Waals surface area contributed by atoms with Crippen molar-refractivity contribution in [1.82, 2.24) is 14.7 Å². The molecule has 4 heteroatoms. The molecule has 1 aromatic heterocycles. The van der Waals surface area contributed by atoms with Gasteiger partial charge in [0.15, 0.2) is 0 Å². The zero-order valence-electron chi connectivity index (χ0n) is 12.3. The van der Waals surface area contributed by atoms with Gasteiger partial charge in [0.2, 0.25) is 0 Å². The molecule has 0 fully saturated rings. The van der Waals surface area contributed by atoms with E-state index in [1.807, 2.05) is 0 Å². The smallest absolute Gasteiger partial charge is 0.0764 e. The lowest BCUT2D eigenvalue weighted by Crippen LogP contribution is -2.30. The van der Waals surface area contributed by atoms with E-state index in [1.165, 1.54) is 0 Å². The third kappa shape index (κ3) is 4.10. The van der Waals surface area contributed by atoms with Gasteiger partial charge in [-0.15, -0.1) is 0 Å². The summed E-state index contributed by atoms with van der Waals surface area (Å²) in [4.78, 5) is 2.31. The number of rotatable bonds is 8. The zero-order chi connectivity index (χ0) is 13.5. The van der Waals surface area contributed by atoms with Crippen molar-refractivity contribution >= 4 is 0 Å². The van der Waals surface area contributed by atoms with Crippen LogP contribution >= 0.6 is 0 Å². The first-order valence-electron chi connectivity index (χ1n) is 7.06. The van der Waals surface area contributed by atoms with Crippen LogP contribution in [0.15, 0.2) is 12.3 Å². The van der Waals surface area contributed by atoms with Gasteiger partial charge in [0, 0.05) is 18.8 Å². The van der Waals surface area contributed by atoms with E-state index in [2.05, 4.69) is 54.8 Å². The molecule has 2 N–H and O–H groups in total. The Labute approximate surface area is 111 Å². The minimum absolute atomic E-state index is 0.508. The van der Waals surface area contributed by atoms with Gasteiger partial charge in [-0.25, -0.2) is 0 Å². The van der Waals surface area contributed by atoms with E-state index in [1.54, 1.807) is 0 Å². The summed E-state index contributed by atoms with van der Waals surface area (Å²) >= 11 is 0. The molecule has 1 rings (SSSR count). The highest BCUT2D eigenvalue weighted by Crippen LogP contribution is 2.15. The Bertz CT molecular complexity index is 330. The summed E-state index contributed by atoms with van der Waals surface area (Å²) in [5.74, 6) is 0. The highest BCUT2D eigenvalue weighted by molar-refractivity contribution is 5.00. The Kier molecular flexibility index (Phi) is 6.36. The minimum Gasteiger partial charge on any atom is -0.330 e. The summed E-state index contributed by atoms with van der Waals surface area (Å²) in [5.41, 5.74) is 6.74. The van der Waals surface area contributed by atoms with Crippen molar-refractivity contribution in [3.63, 3.8) is 0 Å². The van der Waals surface area contributed by atoms with E-state index in [0.717, 1.165) is 38.0 Å². The van der Waals surface area contributed by atoms with Gasteiger partial charge in [-0.2, -0.15) is 5.10 Å².